The number of hydrogen-bond donors (Lipinski definition) is 0. The molecule has 4 rings (SSSR count). The Balaban J connectivity index is 0.00000131. The summed E-state index contributed by atoms with van der Waals surface area (Å²) in [4.78, 5) is 0. The predicted molar refractivity (Wildman–Crippen MR) is 119 cm³/mol. The van der Waals surface area contributed by atoms with Crippen molar-refractivity contribution in [2.24, 2.45) is 0 Å². The van der Waals surface area contributed by atoms with Gasteiger partial charge < -0.3 is 0 Å². The maximum atomic E-state index is 2.40. The molecule has 0 saturated carbocycles. The summed E-state index contributed by atoms with van der Waals surface area (Å²) >= 11 is -2.17. The summed E-state index contributed by atoms with van der Waals surface area (Å²) in [5.41, 5.74) is 4.32. The molecule has 0 nitrogen and oxygen atoms in total. The zero-order chi connectivity index (χ0) is 17.1. The van der Waals surface area contributed by atoms with Crippen LogP contribution < -0.4 is 0 Å². The maximum absolute atomic E-state index is 2.40. The van der Waals surface area contributed by atoms with E-state index in [2.05, 4.69) is 98.0 Å². The second kappa shape index (κ2) is 10.3. The quantitative estimate of drug-likeness (QED) is 0.457. The van der Waals surface area contributed by atoms with Crippen LogP contribution in [0.2, 0.25) is 0 Å². The molecule has 0 amide bonds. The van der Waals surface area contributed by atoms with Gasteiger partial charge in [0.1, 0.15) is 0 Å². The van der Waals surface area contributed by atoms with Gasteiger partial charge in [-0.3, -0.25) is 0 Å². The van der Waals surface area contributed by atoms with E-state index >= 15 is 0 Å². The summed E-state index contributed by atoms with van der Waals surface area (Å²) in [6, 6.07) is 22.1. The fourth-order valence-corrected chi connectivity index (χ4v) is 11.8. The van der Waals surface area contributed by atoms with E-state index in [0.29, 0.717) is 0 Å². The van der Waals surface area contributed by atoms with Crippen LogP contribution in [-0.2, 0) is 21.3 Å². The molecule has 2 aliphatic carbocycles. The van der Waals surface area contributed by atoms with E-state index in [1.54, 1.807) is 9.77 Å². The monoisotopic (exact) mass is 472 g/mol. The van der Waals surface area contributed by atoms with Crippen molar-refractivity contribution in [3.05, 3.63) is 114 Å². The van der Waals surface area contributed by atoms with E-state index in [1.165, 1.54) is 16.7 Å². The van der Waals surface area contributed by atoms with E-state index in [4.69, 9.17) is 0 Å². The van der Waals surface area contributed by atoms with Gasteiger partial charge in [-0.15, -0.1) is 24.8 Å². The Morgan fingerprint density at radius 1 is 0.778 bits per heavy atom. The second-order valence-electron chi connectivity index (χ2n) is 6.57. The summed E-state index contributed by atoms with van der Waals surface area (Å²) < 4.78 is 5.06. The summed E-state index contributed by atoms with van der Waals surface area (Å²) in [6.07, 6.45) is 13.9. The molecule has 3 heteroatoms. The van der Waals surface area contributed by atoms with Crippen LogP contribution >= 0.6 is 24.8 Å². The molecule has 2 aromatic carbocycles. The zero-order valence-corrected chi connectivity index (χ0v) is 19.5. The molecule has 0 atom stereocenters. The van der Waals surface area contributed by atoms with Gasteiger partial charge in [0.25, 0.3) is 0 Å². The Labute approximate surface area is 182 Å². The number of rotatable bonds is 4. The van der Waals surface area contributed by atoms with Gasteiger partial charge in [-0.2, -0.15) is 0 Å². The smallest absolute Gasteiger partial charge is 0.147 e. The molecule has 0 aromatic heterocycles. The maximum Gasteiger partial charge on any atom is -0.147 e. The molecule has 0 fully saturated rings. The average Bonchev–Trinajstić information content (AvgIpc) is 3.33. The number of benzene rings is 2. The van der Waals surface area contributed by atoms with Crippen LogP contribution in [0.1, 0.15) is 30.9 Å². The van der Waals surface area contributed by atoms with E-state index in [0.717, 1.165) is 12.8 Å². The summed E-state index contributed by atoms with van der Waals surface area (Å²) in [5.74, 6) is 0. The Morgan fingerprint density at radius 3 is 1.81 bits per heavy atom. The van der Waals surface area contributed by atoms with E-state index in [-0.39, 0.29) is 24.8 Å². The van der Waals surface area contributed by atoms with E-state index in [9.17, 15) is 0 Å². The van der Waals surface area contributed by atoms with Crippen LogP contribution in [0, 0.1) is 0 Å². The molecule has 0 saturated heterocycles. The van der Waals surface area contributed by atoms with Gasteiger partial charge in [0.05, 0.1) is 0 Å². The molecule has 0 spiro atoms. The molecule has 0 heterocycles. The SMILES string of the molecule is CC1=[C]([Zr]([C]2=CC=CC2)=[C](c2ccccc2)c2ccccc2)CC=C1.Cl.Cl. The molecule has 0 N–H and O–H groups in total. The molecule has 138 valence electrons. The van der Waals surface area contributed by atoms with Gasteiger partial charge in [-0.05, 0) is 0 Å². The summed E-state index contributed by atoms with van der Waals surface area (Å²) in [5, 5.41) is 0. The van der Waals surface area contributed by atoms with Crippen molar-refractivity contribution in [1.82, 2.24) is 0 Å². The molecule has 27 heavy (non-hydrogen) atoms. The van der Waals surface area contributed by atoms with Crippen LogP contribution in [-0.4, -0.2) is 3.21 Å². The van der Waals surface area contributed by atoms with Crippen LogP contribution in [0.3, 0.4) is 0 Å². The fourth-order valence-electron chi connectivity index (χ4n) is 3.72. The molecular formula is C24H24Cl2Zr. The van der Waals surface area contributed by atoms with Crippen molar-refractivity contribution in [3.63, 3.8) is 0 Å². The van der Waals surface area contributed by atoms with Crippen molar-refractivity contribution < 1.29 is 21.3 Å². The topological polar surface area (TPSA) is 0 Å². The Hall–Kier alpha value is -1.27. The third-order valence-corrected chi connectivity index (χ3v) is 13.0. The van der Waals surface area contributed by atoms with Crippen LogP contribution in [0.5, 0.6) is 0 Å². The first-order valence-corrected chi connectivity index (χ1v) is 12.6. The minimum atomic E-state index is -2.17. The molecular weight excluding hydrogens is 450 g/mol. The predicted octanol–water partition coefficient (Wildman–Crippen LogP) is 6.79. The van der Waals surface area contributed by atoms with Crippen molar-refractivity contribution in [2.45, 2.75) is 19.8 Å². The first kappa shape index (κ1) is 22.0. The number of halogens is 2. The van der Waals surface area contributed by atoms with Gasteiger partial charge in [-0.1, -0.05) is 0 Å². The first-order chi connectivity index (χ1) is 12.3. The molecule has 0 bridgehead atoms. The van der Waals surface area contributed by atoms with E-state index < -0.39 is 21.3 Å². The minimum absolute atomic E-state index is 0. The number of hydrogen-bond acceptors (Lipinski definition) is 0. The molecule has 0 unspecified atom stereocenters. The molecule has 0 radical (unpaired) electrons. The largest absolute Gasteiger partial charge is 0.147 e. The molecule has 0 aliphatic heterocycles. The van der Waals surface area contributed by atoms with E-state index in [1.807, 2.05) is 0 Å². The van der Waals surface area contributed by atoms with Crippen molar-refractivity contribution in [2.75, 3.05) is 0 Å². The molecule has 2 aromatic rings. The van der Waals surface area contributed by atoms with Gasteiger partial charge in [0, 0.05) is 0 Å². The van der Waals surface area contributed by atoms with Gasteiger partial charge in [0.2, 0.25) is 0 Å². The number of allylic oxidation sites excluding steroid dienone is 8. The second-order valence-corrected chi connectivity index (χ2v) is 12.7. The van der Waals surface area contributed by atoms with Crippen molar-refractivity contribution in [3.8, 4) is 0 Å². The van der Waals surface area contributed by atoms with Crippen molar-refractivity contribution >= 4 is 28.0 Å². The Kier molecular flexibility index (Phi) is 8.42. The average molecular weight is 475 g/mol. The Morgan fingerprint density at radius 2 is 1.37 bits per heavy atom. The first-order valence-electron chi connectivity index (χ1n) is 8.92. The van der Waals surface area contributed by atoms with Crippen LogP contribution in [0.15, 0.2) is 103 Å². The summed E-state index contributed by atoms with van der Waals surface area (Å²) in [7, 11) is 0. The van der Waals surface area contributed by atoms with Crippen LogP contribution in [0.25, 0.3) is 0 Å². The Bertz CT molecular complexity index is 891. The fraction of sp³-hybridized carbons (Fsp3) is 0.125. The third-order valence-electron chi connectivity index (χ3n) is 4.93. The zero-order valence-electron chi connectivity index (χ0n) is 15.4. The molecule has 2 aliphatic rings. The summed E-state index contributed by atoms with van der Waals surface area (Å²) in [6.45, 7) is 2.30. The third kappa shape index (κ3) is 4.78. The minimum Gasteiger partial charge on any atom is -0.147 e. The van der Waals surface area contributed by atoms with Gasteiger partial charge >= 0.3 is 159 Å². The normalized spacial score (nSPS) is 14.5. The van der Waals surface area contributed by atoms with Crippen LogP contribution in [0.4, 0.5) is 0 Å². The van der Waals surface area contributed by atoms with Gasteiger partial charge in [-0.25, -0.2) is 0 Å². The van der Waals surface area contributed by atoms with Gasteiger partial charge in [0.15, 0.2) is 0 Å². The van der Waals surface area contributed by atoms with Crippen molar-refractivity contribution in [1.29, 1.82) is 0 Å². The standard InChI is InChI=1S/C13H10.C6H7.C5H5.2ClH.Zr/c1-3-7-12(8-4-1)11-13-9-5-2-6-10-13;1-6-4-2-3-5-6;1-2-4-5-3-1;;;/h1-10H;2,4H,3H2,1H3;1-3H,4H2;2*1H;.